The summed E-state index contributed by atoms with van der Waals surface area (Å²) >= 11 is 0. The highest BCUT2D eigenvalue weighted by Gasteiger charge is 2.51. The number of esters is 1. The van der Waals surface area contributed by atoms with Gasteiger partial charge in [-0.25, -0.2) is 13.6 Å². The van der Waals surface area contributed by atoms with E-state index in [1.807, 2.05) is 20.8 Å². The van der Waals surface area contributed by atoms with Gasteiger partial charge in [0.15, 0.2) is 6.61 Å². The first kappa shape index (κ1) is 23.8. The quantitative estimate of drug-likeness (QED) is 0.504. The fourth-order valence-corrected chi connectivity index (χ4v) is 2.71. The molecule has 30 heavy (non-hydrogen) atoms. The topological polar surface area (TPSA) is 132 Å². The summed E-state index contributed by atoms with van der Waals surface area (Å²) in [6.07, 6.45) is -2.64. The SMILES string of the molecule is CC(C)(C)NCCC(=O)OCC(=O)Nc1ccn([C@@H]2O[C@H](CO)CC2(F)F)c(=O)n1. The standard InChI is InChI=1S/C18H26F2N4O6/c1-17(2,3)21-6-4-14(27)29-10-13(26)22-12-5-7-24(16(28)23-12)15-18(19,20)8-11(9-25)30-15/h5,7,11,15,21,25H,4,6,8-10H2,1-3H3,(H,22,23,26,28)/t11-,15+/m0/s1. The highest BCUT2D eigenvalue weighted by atomic mass is 19.3. The average molecular weight is 432 g/mol. The third-order valence-electron chi connectivity index (χ3n) is 4.08. The molecule has 0 unspecified atom stereocenters. The van der Waals surface area contributed by atoms with Crippen molar-refractivity contribution in [3.63, 3.8) is 0 Å². The van der Waals surface area contributed by atoms with Gasteiger partial charge in [-0.3, -0.25) is 14.2 Å². The summed E-state index contributed by atoms with van der Waals surface area (Å²) in [6, 6.07) is 1.14. The molecule has 0 radical (unpaired) electrons. The molecule has 1 aromatic rings. The first-order valence-electron chi connectivity index (χ1n) is 9.35. The van der Waals surface area contributed by atoms with Gasteiger partial charge in [0, 0.05) is 24.7 Å². The van der Waals surface area contributed by atoms with Crippen LogP contribution in [0.3, 0.4) is 0 Å². The Labute approximate surface area is 171 Å². The van der Waals surface area contributed by atoms with Crippen LogP contribution >= 0.6 is 0 Å². The van der Waals surface area contributed by atoms with Crippen molar-refractivity contribution in [1.82, 2.24) is 14.9 Å². The number of nitrogens with zero attached hydrogens (tertiary/aromatic N) is 2. The lowest BCUT2D eigenvalue weighted by molar-refractivity contribution is -0.147. The van der Waals surface area contributed by atoms with Gasteiger partial charge in [-0.2, -0.15) is 4.98 Å². The number of rotatable bonds is 8. The van der Waals surface area contributed by atoms with Crippen molar-refractivity contribution in [2.75, 3.05) is 25.1 Å². The van der Waals surface area contributed by atoms with E-state index in [-0.39, 0.29) is 17.8 Å². The largest absolute Gasteiger partial charge is 0.456 e. The van der Waals surface area contributed by atoms with Gasteiger partial charge in [0.05, 0.1) is 19.1 Å². The van der Waals surface area contributed by atoms with Crippen LogP contribution in [0.2, 0.25) is 0 Å². The second kappa shape index (κ2) is 9.58. The second-order valence-corrected chi connectivity index (χ2v) is 7.90. The number of nitrogens with one attached hydrogen (secondary N) is 2. The van der Waals surface area contributed by atoms with Gasteiger partial charge < -0.3 is 25.2 Å². The minimum absolute atomic E-state index is 0.0727. The molecular formula is C18H26F2N4O6. The lowest BCUT2D eigenvalue weighted by Gasteiger charge is -2.20. The first-order valence-corrected chi connectivity index (χ1v) is 9.35. The summed E-state index contributed by atoms with van der Waals surface area (Å²) in [6.45, 7) is 5.02. The number of alkyl halides is 2. The second-order valence-electron chi connectivity index (χ2n) is 7.90. The summed E-state index contributed by atoms with van der Waals surface area (Å²) in [4.78, 5) is 39.1. The molecule has 0 bridgehead atoms. The van der Waals surface area contributed by atoms with E-state index in [4.69, 9.17) is 14.6 Å². The van der Waals surface area contributed by atoms with Gasteiger partial charge in [-0.15, -0.1) is 0 Å². The maximum Gasteiger partial charge on any atom is 0.351 e. The molecule has 10 nitrogen and oxygen atoms in total. The maximum absolute atomic E-state index is 14.0. The molecule has 0 aliphatic carbocycles. The maximum atomic E-state index is 14.0. The van der Waals surface area contributed by atoms with Gasteiger partial charge >= 0.3 is 11.7 Å². The number of ether oxygens (including phenoxy) is 2. The lowest BCUT2D eigenvalue weighted by Crippen LogP contribution is -2.37. The normalized spacial score (nSPS) is 20.7. The van der Waals surface area contributed by atoms with Crippen molar-refractivity contribution in [2.24, 2.45) is 0 Å². The van der Waals surface area contributed by atoms with Crippen LogP contribution in [0, 0.1) is 0 Å². The van der Waals surface area contributed by atoms with Crippen LogP contribution in [0.4, 0.5) is 14.6 Å². The van der Waals surface area contributed by atoms with Crippen LogP contribution in [0.15, 0.2) is 17.1 Å². The van der Waals surface area contributed by atoms with Crippen molar-refractivity contribution in [1.29, 1.82) is 0 Å². The Bertz CT molecular complexity index is 824. The molecule has 1 amide bonds. The monoisotopic (exact) mass is 432 g/mol. The Morgan fingerprint density at radius 3 is 2.70 bits per heavy atom. The van der Waals surface area contributed by atoms with Crippen LogP contribution in [0.1, 0.15) is 39.8 Å². The summed E-state index contributed by atoms with van der Waals surface area (Å²) in [5.41, 5.74) is -1.22. The Morgan fingerprint density at radius 2 is 2.13 bits per heavy atom. The van der Waals surface area contributed by atoms with Gasteiger partial charge in [-0.05, 0) is 26.8 Å². The fraction of sp³-hybridized carbons (Fsp3) is 0.667. The van der Waals surface area contributed by atoms with Crippen LogP contribution < -0.4 is 16.3 Å². The van der Waals surface area contributed by atoms with Gasteiger partial charge in [0.1, 0.15) is 5.82 Å². The highest BCUT2D eigenvalue weighted by Crippen LogP contribution is 2.41. The highest BCUT2D eigenvalue weighted by molar-refractivity contribution is 5.91. The molecule has 2 rings (SSSR count). The number of anilines is 1. The molecule has 1 aromatic heterocycles. The van der Waals surface area contributed by atoms with E-state index in [0.717, 1.165) is 12.3 Å². The Balaban J connectivity index is 1.88. The predicted molar refractivity (Wildman–Crippen MR) is 101 cm³/mol. The van der Waals surface area contributed by atoms with Crippen LogP contribution in [-0.4, -0.2) is 63.9 Å². The van der Waals surface area contributed by atoms with E-state index in [1.165, 1.54) is 0 Å². The molecule has 12 heteroatoms. The lowest BCUT2D eigenvalue weighted by atomic mass is 10.1. The smallest absolute Gasteiger partial charge is 0.351 e. The molecule has 2 atom stereocenters. The summed E-state index contributed by atoms with van der Waals surface area (Å²) in [7, 11) is 0. The van der Waals surface area contributed by atoms with E-state index < -0.39 is 55.5 Å². The number of hydrogen-bond acceptors (Lipinski definition) is 8. The number of aliphatic hydroxyl groups is 1. The van der Waals surface area contributed by atoms with Crippen LogP contribution in [0.5, 0.6) is 0 Å². The molecule has 0 saturated carbocycles. The Hall–Kier alpha value is -2.44. The molecule has 0 aromatic carbocycles. The Kier molecular flexibility index (Phi) is 7.61. The fourth-order valence-electron chi connectivity index (χ4n) is 2.71. The molecule has 1 aliphatic heterocycles. The zero-order valence-corrected chi connectivity index (χ0v) is 17.0. The van der Waals surface area contributed by atoms with Crippen LogP contribution in [-0.2, 0) is 19.1 Å². The third-order valence-corrected chi connectivity index (χ3v) is 4.08. The number of carbonyl (C=O) groups is 2. The first-order chi connectivity index (χ1) is 13.9. The minimum Gasteiger partial charge on any atom is -0.456 e. The third kappa shape index (κ3) is 6.82. The van der Waals surface area contributed by atoms with Crippen LogP contribution in [0.25, 0.3) is 0 Å². The van der Waals surface area contributed by atoms with Crippen molar-refractivity contribution >= 4 is 17.7 Å². The van der Waals surface area contributed by atoms with E-state index >= 15 is 0 Å². The molecule has 3 N–H and O–H groups in total. The number of aromatic nitrogens is 2. The zero-order chi connectivity index (χ0) is 22.5. The molecule has 1 fully saturated rings. The molecular weight excluding hydrogens is 406 g/mol. The Morgan fingerprint density at radius 1 is 1.43 bits per heavy atom. The molecule has 1 saturated heterocycles. The van der Waals surface area contributed by atoms with Gasteiger partial charge in [0.25, 0.3) is 11.8 Å². The number of hydrogen-bond donors (Lipinski definition) is 3. The molecule has 1 aliphatic rings. The molecule has 168 valence electrons. The van der Waals surface area contributed by atoms with Crippen molar-refractivity contribution < 1.29 is 33.0 Å². The summed E-state index contributed by atoms with van der Waals surface area (Å²) < 4.78 is 38.4. The summed E-state index contributed by atoms with van der Waals surface area (Å²) in [5.74, 6) is -4.87. The average Bonchev–Trinajstić information content (AvgIpc) is 2.93. The van der Waals surface area contributed by atoms with E-state index in [1.54, 1.807) is 0 Å². The summed E-state index contributed by atoms with van der Waals surface area (Å²) in [5, 5.41) is 14.4. The number of amides is 1. The predicted octanol–water partition coefficient (Wildman–Crippen LogP) is 0.418. The minimum atomic E-state index is -3.36. The van der Waals surface area contributed by atoms with Crippen molar-refractivity contribution in [2.45, 2.75) is 57.4 Å². The van der Waals surface area contributed by atoms with Gasteiger partial charge in [-0.1, -0.05) is 0 Å². The number of halogens is 2. The zero-order valence-electron chi connectivity index (χ0n) is 17.0. The molecule has 0 spiro atoms. The number of carbonyl (C=O) groups excluding carboxylic acids is 2. The van der Waals surface area contributed by atoms with Crippen molar-refractivity contribution in [3.8, 4) is 0 Å². The van der Waals surface area contributed by atoms with E-state index in [2.05, 4.69) is 15.6 Å². The van der Waals surface area contributed by atoms with E-state index in [0.29, 0.717) is 11.1 Å². The van der Waals surface area contributed by atoms with E-state index in [9.17, 15) is 23.2 Å². The van der Waals surface area contributed by atoms with Gasteiger partial charge in [0.2, 0.25) is 6.23 Å². The van der Waals surface area contributed by atoms with Crippen molar-refractivity contribution in [3.05, 3.63) is 22.7 Å². The molecule has 2 heterocycles. The number of aliphatic hydroxyl groups excluding tert-OH is 1.